The zero-order valence-corrected chi connectivity index (χ0v) is 16.8. The van der Waals surface area contributed by atoms with E-state index in [0.29, 0.717) is 12.4 Å². The highest BCUT2D eigenvalue weighted by atomic mass is 32.2. The zero-order chi connectivity index (χ0) is 19.3. The largest absolute Gasteiger partial charge is 0.494 e. The van der Waals surface area contributed by atoms with Crippen LogP contribution >= 0.6 is 0 Å². The van der Waals surface area contributed by atoms with E-state index >= 15 is 0 Å². The molecule has 1 N–H and O–H groups in total. The van der Waals surface area contributed by atoms with Gasteiger partial charge in [0.15, 0.2) is 0 Å². The molecule has 1 fully saturated rings. The first kappa shape index (κ1) is 19.7. The van der Waals surface area contributed by atoms with Crippen molar-refractivity contribution in [1.29, 1.82) is 0 Å². The van der Waals surface area contributed by atoms with Crippen LogP contribution in [0.15, 0.2) is 53.4 Å². The Balaban J connectivity index is 1.60. The molecule has 2 aromatic carbocycles. The van der Waals surface area contributed by atoms with Crippen molar-refractivity contribution < 1.29 is 13.2 Å². The molecule has 0 radical (unpaired) electrons. The van der Waals surface area contributed by atoms with E-state index < -0.39 is 10.0 Å². The summed E-state index contributed by atoms with van der Waals surface area (Å²) in [6.45, 7) is 7.18. The van der Waals surface area contributed by atoms with Gasteiger partial charge < -0.3 is 9.64 Å². The minimum absolute atomic E-state index is 0.241. The molecule has 2 aromatic rings. The Kier molecular flexibility index (Phi) is 6.39. The van der Waals surface area contributed by atoms with Gasteiger partial charge in [0, 0.05) is 25.3 Å². The van der Waals surface area contributed by atoms with E-state index in [1.54, 1.807) is 24.3 Å². The normalized spacial score (nSPS) is 17.7. The van der Waals surface area contributed by atoms with Crippen LogP contribution in [0.2, 0.25) is 0 Å². The third-order valence-corrected chi connectivity index (χ3v) is 6.29. The molecule has 5 nitrogen and oxygen atoms in total. The minimum atomic E-state index is -3.54. The van der Waals surface area contributed by atoms with Gasteiger partial charge in [-0.25, -0.2) is 13.1 Å². The number of sulfonamides is 1. The van der Waals surface area contributed by atoms with Crippen molar-refractivity contribution in [2.24, 2.45) is 5.92 Å². The van der Waals surface area contributed by atoms with Gasteiger partial charge in [-0.15, -0.1) is 0 Å². The summed E-state index contributed by atoms with van der Waals surface area (Å²) in [6.07, 6.45) is 2.52. The molecule has 1 atom stereocenters. The van der Waals surface area contributed by atoms with Crippen LogP contribution in [0, 0.1) is 5.92 Å². The molecular weight excluding hydrogens is 360 g/mol. The van der Waals surface area contributed by atoms with Gasteiger partial charge in [0.05, 0.1) is 11.5 Å². The van der Waals surface area contributed by atoms with E-state index in [1.165, 1.54) is 18.5 Å². The van der Waals surface area contributed by atoms with Crippen LogP contribution in [0.1, 0.15) is 32.3 Å². The van der Waals surface area contributed by atoms with Crippen molar-refractivity contribution in [3.8, 4) is 5.75 Å². The highest BCUT2D eigenvalue weighted by molar-refractivity contribution is 7.89. The summed E-state index contributed by atoms with van der Waals surface area (Å²) in [5, 5.41) is 0. The van der Waals surface area contributed by atoms with E-state index in [0.717, 1.165) is 24.6 Å². The topological polar surface area (TPSA) is 58.6 Å². The molecule has 0 unspecified atom stereocenters. The first-order chi connectivity index (χ1) is 13.0. The van der Waals surface area contributed by atoms with Gasteiger partial charge in [-0.05, 0) is 67.6 Å². The van der Waals surface area contributed by atoms with E-state index in [9.17, 15) is 8.42 Å². The number of anilines is 1. The predicted molar refractivity (Wildman–Crippen MR) is 109 cm³/mol. The van der Waals surface area contributed by atoms with E-state index in [2.05, 4.69) is 28.7 Å². The number of nitrogens with zero attached hydrogens (tertiary/aromatic N) is 1. The Hall–Kier alpha value is -2.05. The second kappa shape index (κ2) is 8.76. The van der Waals surface area contributed by atoms with Crippen LogP contribution in [0.5, 0.6) is 5.75 Å². The first-order valence-corrected chi connectivity index (χ1v) is 11.0. The number of hydrogen-bond donors (Lipinski definition) is 1. The highest BCUT2D eigenvalue weighted by Crippen LogP contribution is 2.23. The number of piperidine rings is 1. The van der Waals surface area contributed by atoms with Crippen molar-refractivity contribution in [1.82, 2.24) is 4.72 Å². The highest BCUT2D eigenvalue weighted by Gasteiger charge is 2.17. The van der Waals surface area contributed by atoms with Crippen molar-refractivity contribution in [3.63, 3.8) is 0 Å². The molecule has 0 aliphatic carbocycles. The molecule has 3 rings (SSSR count). The second-order valence-corrected chi connectivity index (χ2v) is 8.86. The maximum atomic E-state index is 12.5. The average molecular weight is 389 g/mol. The molecule has 0 saturated carbocycles. The van der Waals surface area contributed by atoms with Crippen molar-refractivity contribution in [2.75, 3.05) is 24.6 Å². The Morgan fingerprint density at radius 1 is 1.11 bits per heavy atom. The Bertz CT molecular complexity index is 833. The molecule has 1 saturated heterocycles. The van der Waals surface area contributed by atoms with Crippen LogP contribution in [-0.4, -0.2) is 28.1 Å². The fraction of sp³-hybridized carbons (Fsp3) is 0.429. The predicted octanol–water partition coefficient (Wildman–Crippen LogP) is 3.80. The molecular formula is C21H28N2O3S. The van der Waals surface area contributed by atoms with Crippen LogP contribution in [0.25, 0.3) is 0 Å². The summed E-state index contributed by atoms with van der Waals surface area (Å²) in [5.74, 6) is 1.39. The quantitative estimate of drug-likeness (QED) is 0.784. The van der Waals surface area contributed by atoms with Crippen LogP contribution < -0.4 is 14.4 Å². The summed E-state index contributed by atoms with van der Waals surface area (Å²) in [4.78, 5) is 2.65. The smallest absolute Gasteiger partial charge is 0.240 e. The summed E-state index contributed by atoms with van der Waals surface area (Å²) in [6, 6.07) is 14.6. The lowest BCUT2D eigenvalue weighted by Gasteiger charge is -2.32. The van der Waals surface area contributed by atoms with Crippen LogP contribution in [0.3, 0.4) is 0 Å². The number of rotatable bonds is 7. The van der Waals surface area contributed by atoms with Crippen molar-refractivity contribution in [3.05, 3.63) is 54.1 Å². The van der Waals surface area contributed by atoms with Crippen LogP contribution in [0.4, 0.5) is 5.69 Å². The summed E-state index contributed by atoms with van der Waals surface area (Å²) >= 11 is 0. The molecule has 0 spiro atoms. The van der Waals surface area contributed by atoms with Gasteiger partial charge in [0.1, 0.15) is 5.75 Å². The Morgan fingerprint density at radius 3 is 2.44 bits per heavy atom. The van der Waals surface area contributed by atoms with Gasteiger partial charge >= 0.3 is 0 Å². The summed E-state index contributed by atoms with van der Waals surface area (Å²) in [7, 11) is -3.54. The minimum Gasteiger partial charge on any atom is -0.494 e. The van der Waals surface area contributed by atoms with Crippen molar-refractivity contribution >= 4 is 15.7 Å². The molecule has 1 aliphatic heterocycles. The average Bonchev–Trinajstić information content (AvgIpc) is 2.68. The Morgan fingerprint density at radius 2 is 1.81 bits per heavy atom. The molecule has 146 valence electrons. The van der Waals surface area contributed by atoms with Crippen molar-refractivity contribution in [2.45, 2.75) is 38.1 Å². The summed E-state index contributed by atoms with van der Waals surface area (Å²) in [5.41, 5.74) is 2.15. The summed E-state index contributed by atoms with van der Waals surface area (Å²) < 4.78 is 32.9. The number of nitrogens with one attached hydrogen (secondary N) is 1. The molecule has 6 heteroatoms. The lowest BCUT2D eigenvalue weighted by molar-refractivity contribution is 0.340. The monoisotopic (exact) mass is 388 g/mol. The standard InChI is InChI=1S/C21H28N2O3S/c1-3-26-20-10-12-21(13-11-20)27(24,25)22-15-18-6-8-19(9-7-18)23-14-4-5-17(2)16-23/h6-13,17,22H,3-5,14-16H2,1-2H3/t17-/m1/s1. The van der Waals surface area contributed by atoms with Gasteiger partial charge in [-0.3, -0.25) is 0 Å². The molecule has 0 amide bonds. The fourth-order valence-corrected chi connectivity index (χ4v) is 4.41. The molecule has 0 bridgehead atoms. The van der Waals surface area contributed by atoms with Gasteiger partial charge in [-0.1, -0.05) is 19.1 Å². The third kappa shape index (κ3) is 5.23. The molecule has 0 aromatic heterocycles. The zero-order valence-electron chi connectivity index (χ0n) is 16.0. The fourth-order valence-electron chi connectivity index (χ4n) is 3.39. The Labute approximate surface area is 162 Å². The van der Waals surface area contributed by atoms with Crippen LogP contribution in [-0.2, 0) is 16.6 Å². The maximum absolute atomic E-state index is 12.5. The molecule has 1 aliphatic rings. The van der Waals surface area contributed by atoms with E-state index in [1.807, 2.05) is 19.1 Å². The molecule has 1 heterocycles. The number of benzene rings is 2. The lowest BCUT2D eigenvalue weighted by Crippen LogP contribution is -2.34. The maximum Gasteiger partial charge on any atom is 0.240 e. The first-order valence-electron chi connectivity index (χ1n) is 9.54. The number of ether oxygens (including phenoxy) is 1. The number of hydrogen-bond acceptors (Lipinski definition) is 4. The SMILES string of the molecule is CCOc1ccc(S(=O)(=O)NCc2ccc(N3CCC[C@@H](C)C3)cc2)cc1. The van der Waals surface area contributed by atoms with Gasteiger partial charge in [0.25, 0.3) is 0 Å². The van der Waals surface area contributed by atoms with E-state index in [4.69, 9.17) is 4.74 Å². The van der Waals surface area contributed by atoms with Gasteiger partial charge in [0.2, 0.25) is 10.0 Å². The lowest BCUT2D eigenvalue weighted by atomic mass is 9.99. The third-order valence-electron chi connectivity index (χ3n) is 4.87. The van der Waals surface area contributed by atoms with E-state index in [-0.39, 0.29) is 11.4 Å². The molecule has 27 heavy (non-hydrogen) atoms. The van der Waals surface area contributed by atoms with Gasteiger partial charge in [-0.2, -0.15) is 0 Å². The second-order valence-electron chi connectivity index (χ2n) is 7.09.